The predicted molar refractivity (Wildman–Crippen MR) is 120 cm³/mol. The molecule has 1 aromatic carbocycles. The molecule has 1 saturated heterocycles. The number of aromatic nitrogens is 4. The quantitative estimate of drug-likeness (QED) is 0.414. The van der Waals surface area contributed by atoms with Crippen LogP contribution in [-0.2, 0) is 27.1 Å². The van der Waals surface area contributed by atoms with Gasteiger partial charge in [-0.1, -0.05) is 17.8 Å². The molecule has 5 rings (SSSR count). The molecule has 162 valence electrons. The normalized spacial score (nSPS) is 15.8. The molecule has 0 atom stereocenters. The Bertz CT molecular complexity index is 1340. The molecule has 1 aliphatic rings. The third-order valence-electron chi connectivity index (χ3n) is 5.46. The zero-order chi connectivity index (χ0) is 21.4. The van der Waals surface area contributed by atoms with Gasteiger partial charge in [0.1, 0.15) is 5.82 Å². The van der Waals surface area contributed by atoms with Crippen molar-refractivity contribution in [2.24, 2.45) is 0 Å². The maximum absolute atomic E-state index is 13.0. The van der Waals surface area contributed by atoms with Gasteiger partial charge in [-0.05, 0) is 37.3 Å². The molecule has 1 fully saturated rings. The molecule has 0 amide bonds. The Morgan fingerprint density at radius 3 is 2.81 bits per heavy atom. The van der Waals surface area contributed by atoms with Crippen molar-refractivity contribution in [3.63, 3.8) is 0 Å². The van der Waals surface area contributed by atoms with Crippen LogP contribution in [0.5, 0.6) is 0 Å². The van der Waals surface area contributed by atoms with Crippen molar-refractivity contribution >= 4 is 38.3 Å². The second kappa shape index (κ2) is 8.27. The number of hydrogen-bond acceptors (Lipinski definition) is 6. The lowest BCUT2D eigenvalue weighted by atomic mass is 10.3. The van der Waals surface area contributed by atoms with Gasteiger partial charge in [-0.2, -0.15) is 4.31 Å². The van der Waals surface area contributed by atoms with Crippen LogP contribution in [0.2, 0.25) is 0 Å². The molecule has 10 heteroatoms. The number of nitrogens with zero attached hydrogens (tertiary/aromatic N) is 5. The maximum Gasteiger partial charge on any atom is 0.243 e. The third-order valence-corrected chi connectivity index (χ3v) is 8.32. The van der Waals surface area contributed by atoms with E-state index in [0.717, 1.165) is 28.6 Å². The number of pyridine rings is 1. The highest BCUT2D eigenvalue weighted by atomic mass is 32.2. The van der Waals surface area contributed by atoms with Crippen molar-refractivity contribution < 1.29 is 13.2 Å². The molecule has 0 radical (unpaired) electrons. The molecule has 0 unspecified atom stereocenters. The Labute approximate surface area is 184 Å². The van der Waals surface area contributed by atoms with Crippen molar-refractivity contribution in [1.29, 1.82) is 0 Å². The van der Waals surface area contributed by atoms with Gasteiger partial charge in [0.25, 0.3) is 0 Å². The average molecular weight is 458 g/mol. The van der Waals surface area contributed by atoms with Gasteiger partial charge in [-0.25, -0.2) is 18.4 Å². The van der Waals surface area contributed by atoms with Gasteiger partial charge < -0.3 is 9.30 Å². The Morgan fingerprint density at radius 1 is 1.16 bits per heavy atom. The summed E-state index contributed by atoms with van der Waals surface area (Å²) in [4.78, 5) is 9.57. The van der Waals surface area contributed by atoms with E-state index < -0.39 is 10.0 Å². The second-order valence-corrected chi connectivity index (χ2v) is 10.1. The van der Waals surface area contributed by atoms with Crippen molar-refractivity contribution in [1.82, 2.24) is 23.2 Å². The van der Waals surface area contributed by atoms with Gasteiger partial charge in [0.15, 0.2) is 5.16 Å². The standard InChI is InChI=1S/C21H23N5O3S2/c1-2-25-19-7-6-17(31(27,28)24-9-11-29-12-10-24)13-18(19)23-20(25)15-30-21-22-14-16-5-3-4-8-26(16)21/h3-8,13-14H,2,9-12,15H2,1H3. The highest BCUT2D eigenvalue weighted by molar-refractivity contribution is 7.98. The first kappa shape index (κ1) is 20.5. The van der Waals surface area contributed by atoms with Gasteiger partial charge in [-0.15, -0.1) is 0 Å². The Balaban J connectivity index is 1.45. The number of aryl methyl sites for hydroxylation is 1. The van der Waals surface area contributed by atoms with E-state index in [1.165, 1.54) is 4.31 Å². The van der Waals surface area contributed by atoms with E-state index in [2.05, 4.69) is 20.9 Å². The fraction of sp³-hybridized carbons (Fsp3) is 0.333. The van der Waals surface area contributed by atoms with E-state index >= 15 is 0 Å². The molecule has 8 nitrogen and oxygen atoms in total. The van der Waals surface area contributed by atoms with Crippen LogP contribution in [0.4, 0.5) is 0 Å². The first-order valence-electron chi connectivity index (χ1n) is 10.2. The minimum absolute atomic E-state index is 0.279. The van der Waals surface area contributed by atoms with E-state index in [0.29, 0.717) is 37.6 Å². The summed E-state index contributed by atoms with van der Waals surface area (Å²) in [5, 5.41) is 0.904. The summed E-state index contributed by atoms with van der Waals surface area (Å²) >= 11 is 1.62. The summed E-state index contributed by atoms with van der Waals surface area (Å²) in [5.74, 6) is 1.54. The molecule has 4 aromatic rings. The van der Waals surface area contributed by atoms with Crippen LogP contribution in [0.25, 0.3) is 16.6 Å². The Kier molecular flexibility index (Phi) is 5.47. The number of benzene rings is 1. The summed E-state index contributed by atoms with van der Waals surface area (Å²) in [5.41, 5.74) is 2.68. The molecule has 0 spiro atoms. The van der Waals surface area contributed by atoms with Gasteiger partial charge in [0.05, 0.1) is 46.6 Å². The molecule has 0 aliphatic carbocycles. The van der Waals surface area contributed by atoms with Crippen molar-refractivity contribution in [2.45, 2.75) is 29.3 Å². The van der Waals surface area contributed by atoms with E-state index in [1.807, 2.05) is 36.7 Å². The Morgan fingerprint density at radius 2 is 2.00 bits per heavy atom. The first-order valence-corrected chi connectivity index (χ1v) is 12.6. The van der Waals surface area contributed by atoms with Crippen LogP contribution < -0.4 is 0 Å². The van der Waals surface area contributed by atoms with E-state index in [-0.39, 0.29) is 4.90 Å². The monoisotopic (exact) mass is 457 g/mol. The summed E-state index contributed by atoms with van der Waals surface area (Å²) in [6.07, 6.45) is 3.85. The molecule has 1 aliphatic heterocycles. The zero-order valence-corrected chi connectivity index (χ0v) is 18.8. The smallest absolute Gasteiger partial charge is 0.243 e. The molecule has 3 aromatic heterocycles. The minimum atomic E-state index is -3.55. The number of fused-ring (bicyclic) bond motifs is 2. The zero-order valence-electron chi connectivity index (χ0n) is 17.1. The molecular formula is C21H23N5O3S2. The summed E-state index contributed by atoms with van der Waals surface area (Å²) in [7, 11) is -3.55. The van der Waals surface area contributed by atoms with Gasteiger partial charge >= 0.3 is 0 Å². The highest BCUT2D eigenvalue weighted by Crippen LogP contribution is 2.27. The van der Waals surface area contributed by atoms with Crippen LogP contribution in [0.1, 0.15) is 12.7 Å². The van der Waals surface area contributed by atoms with Crippen LogP contribution in [0.15, 0.2) is 58.8 Å². The number of thioether (sulfide) groups is 1. The number of morpholine rings is 1. The second-order valence-electron chi connectivity index (χ2n) is 7.26. The fourth-order valence-corrected chi connectivity index (χ4v) is 6.21. The minimum Gasteiger partial charge on any atom is -0.379 e. The molecule has 0 saturated carbocycles. The fourth-order valence-electron chi connectivity index (χ4n) is 3.87. The van der Waals surface area contributed by atoms with E-state index in [1.54, 1.807) is 23.9 Å². The number of hydrogen-bond donors (Lipinski definition) is 0. The average Bonchev–Trinajstić information content (AvgIpc) is 3.38. The SMILES string of the molecule is CCn1c(CSc2ncc3ccccn23)nc2cc(S(=O)(=O)N3CCOCC3)ccc21. The topological polar surface area (TPSA) is 81.7 Å². The lowest BCUT2D eigenvalue weighted by Gasteiger charge is -2.26. The maximum atomic E-state index is 13.0. The summed E-state index contributed by atoms with van der Waals surface area (Å²) in [6, 6.07) is 11.2. The Hall–Kier alpha value is -2.40. The molecule has 4 heterocycles. The number of rotatable bonds is 6. The van der Waals surface area contributed by atoms with Gasteiger partial charge in [0, 0.05) is 25.8 Å². The van der Waals surface area contributed by atoms with Crippen molar-refractivity contribution in [3.05, 3.63) is 54.6 Å². The van der Waals surface area contributed by atoms with Crippen LogP contribution in [0, 0.1) is 0 Å². The summed E-state index contributed by atoms with van der Waals surface area (Å²) in [6.45, 7) is 4.43. The predicted octanol–water partition coefficient (Wildman–Crippen LogP) is 3.02. The number of sulfonamides is 1. The van der Waals surface area contributed by atoms with Crippen LogP contribution in [-0.4, -0.2) is 58.0 Å². The van der Waals surface area contributed by atoms with Crippen LogP contribution >= 0.6 is 11.8 Å². The number of imidazole rings is 2. The molecule has 31 heavy (non-hydrogen) atoms. The molecular weight excluding hydrogens is 434 g/mol. The highest BCUT2D eigenvalue weighted by Gasteiger charge is 2.27. The lowest BCUT2D eigenvalue weighted by Crippen LogP contribution is -2.40. The van der Waals surface area contributed by atoms with Crippen LogP contribution in [0.3, 0.4) is 0 Å². The van der Waals surface area contributed by atoms with E-state index in [9.17, 15) is 8.42 Å². The molecule has 0 N–H and O–H groups in total. The van der Waals surface area contributed by atoms with Gasteiger partial charge in [0.2, 0.25) is 10.0 Å². The van der Waals surface area contributed by atoms with Crippen molar-refractivity contribution in [3.8, 4) is 0 Å². The third kappa shape index (κ3) is 3.73. The van der Waals surface area contributed by atoms with Gasteiger partial charge in [-0.3, -0.25) is 4.40 Å². The lowest BCUT2D eigenvalue weighted by molar-refractivity contribution is 0.0730. The summed E-state index contributed by atoms with van der Waals surface area (Å²) < 4.78 is 37.0. The molecule has 0 bridgehead atoms. The largest absolute Gasteiger partial charge is 0.379 e. The number of ether oxygens (including phenoxy) is 1. The van der Waals surface area contributed by atoms with Crippen molar-refractivity contribution in [2.75, 3.05) is 26.3 Å². The first-order chi connectivity index (χ1) is 15.1. The van der Waals surface area contributed by atoms with E-state index in [4.69, 9.17) is 9.72 Å².